The molecule has 1 N–H and O–H groups in total. The number of hydrogen-bond acceptors (Lipinski definition) is 5. The first-order valence-electron chi connectivity index (χ1n) is 13.8. The Morgan fingerprint density at radius 2 is 1.87 bits per heavy atom. The lowest BCUT2D eigenvalue weighted by molar-refractivity contribution is -0.0694. The Morgan fingerprint density at radius 1 is 1.11 bits per heavy atom. The van der Waals surface area contributed by atoms with Crippen LogP contribution in [0.15, 0.2) is 62.9 Å². The number of halogens is 1. The van der Waals surface area contributed by atoms with Crippen LogP contribution in [0.2, 0.25) is 0 Å². The fourth-order valence-electron chi connectivity index (χ4n) is 6.77. The van der Waals surface area contributed by atoms with Gasteiger partial charge in [0.25, 0.3) is 5.56 Å². The molecule has 1 atom stereocenters. The molecule has 3 aliphatic rings. The molecule has 2 fully saturated rings. The van der Waals surface area contributed by atoms with Crippen molar-refractivity contribution >= 4 is 28.1 Å². The van der Waals surface area contributed by atoms with E-state index in [-0.39, 0.29) is 22.6 Å². The van der Waals surface area contributed by atoms with Crippen molar-refractivity contribution in [3.8, 4) is 11.3 Å². The molecule has 1 saturated heterocycles. The summed E-state index contributed by atoms with van der Waals surface area (Å²) in [5.74, 6) is 0.507. The standard InChI is InChI=1S/C31H35BrN4O2/c1-30(2)19-24(14-17-38-30)36-28(37)26-27(34-29(36)35-33-20-21-10-12-23(32)13-11-21)25-9-5-4-8-22(25)18-31(26)15-6-3-7-16-31/h4-5,8-13,20,24H,3,6-7,14-19H2,1-2H3,(H,34,35)/b33-20-/t24-/m1/s1. The first-order valence-corrected chi connectivity index (χ1v) is 14.6. The number of hydrazone groups is 1. The van der Waals surface area contributed by atoms with Gasteiger partial charge in [-0.15, -0.1) is 0 Å². The Bertz CT molecular complexity index is 1420. The molecule has 3 aromatic rings. The number of hydrogen-bond donors (Lipinski definition) is 1. The number of nitrogens with zero attached hydrogens (tertiary/aromatic N) is 3. The van der Waals surface area contributed by atoms with Crippen molar-refractivity contribution in [1.29, 1.82) is 0 Å². The number of aromatic nitrogens is 2. The van der Waals surface area contributed by atoms with Crippen LogP contribution in [0.3, 0.4) is 0 Å². The molecule has 0 radical (unpaired) electrons. The van der Waals surface area contributed by atoms with Crippen LogP contribution in [-0.2, 0) is 16.6 Å². The van der Waals surface area contributed by atoms with Crippen molar-refractivity contribution in [2.45, 2.75) is 82.3 Å². The summed E-state index contributed by atoms with van der Waals surface area (Å²) >= 11 is 3.48. The fourth-order valence-corrected chi connectivity index (χ4v) is 7.04. The highest BCUT2D eigenvalue weighted by Gasteiger charge is 2.44. The molecule has 6 nitrogen and oxygen atoms in total. The van der Waals surface area contributed by atoms with E-state index < -0.39 is 0 Å². The third-order valence-electron chi connectivity index (χ3n) is 8.54. The average Bonchev–Trinajstić information content (AvgIpc) is 2.89. The first-order chi connectivity index (χ1) is 18.4. The molecule has 1 saturated carbocycles. The molecule has 38 heavy (non-hydrogen) atoms. The lowest BCUT2D eigenvalue weighted by Gasteiger charge is -2.43. The minimum atomic E-state index is -0.300. The van der Waals surface area contributed by atoms with E-state index in [9.17, 15) is 4.79 Å². The van der Waals surface area contributed by atoms with Crippen molar-refractivity contribution in [3.63, 3.8) is 0 Å². The van der Waals surface area contributed by atoms with E-state index >= 15 is 0 Å². The van der Waals surface area contributed by atoms with Gasteiger partial charge in [0.1, 0.15) is 0 Å². The maximum absolute atomic E-state index is 14.7. The van der Waals surface area contributed by atoms with Gasteiger partial charge in [0.15, 0.2) is 0 Å². The van der Waals surface area contributed by atoms with Crippen LogP contribution >= 0.6 is 15.9 Å². The first kappa shape index (κ1) is 25.5. The number of rotatable bonds is 4. The molecule has 1 aromatic heterocycles. The van der Waals surface area contributed by atoms with Gasteiger partial charge in [0.05, 0.1) is 23.1 Å². The summed E-state index contributed by atoms with van der Waals surface area (Å²) in [6.45, 7) is 4.83. The minimum absolute atomic E-state index is 0.00718. The van der Waals surface area contributed by atoms with Crippen LogP contribution in [0.4, 0.5) is 5.95 Å². The Hall–Kier alpha value is -2.77. The van der Waals surface area contributed by atoms with E-state index in [1.165, 1.54) is 12.0 Å². The van der Waals surface area contributed by atoms with Crippen molar-refractivity contribution < 1.29 is 4.74 Å². The molecule has 1 aliphatic heterocycles. The summed E-state index contributed by atoms with van der Waals surface area (Å²) in [4.78, 5) is 19.9. The van der Waals surface area contributed by atoms with E-state index in [1.807, 2.05) is 28.8 Å². The third-order valence-corrected chi connectivity index (χ3v) is 9.07. The quantitative estimate of drug-likeness (QED) is 0.269. The second-order valence-corrected chi connectivity index (χ2v) is 12.6. The molecular weight excluding hydrogens is 540 g/mol. The van der Waals surface area contributed by atoms with Crippen LogP contribution in [-0.4, -0.2) is 28.0 Å². The number of anilines is 1. The van der Waals surface area contributed by atoms with Crippen molar-refractivity contribution in [2.75, 3.05) is 12.0 Å². The zero-order valence-corrected chi connectivity index (χ0v) is 23.8. The van der Waals surface area contributed by atoms with Crippen LogP contribution in [0.1, 0.15) is 81.5 Å². The molecule has 2 heterocycles. The average molecular weight is 576 g/mol. The van der Waals surface area contributed by atoms with E-state index in [0.29, 0.717) is 12.6 Å². The normalized spacial score (nSPS) is 21.7. The molecule has 1 spiro atoms. The van der Waals surface area contributed by atoms with Gasteiger partial charge in [-0.1, -0.05) is 71.6 Å². The molecule has 0 unspecified atom stereocenters. The Labute approximate surface area is 232 Å². The van der Waals surface area contributed by atoms with Crippen molar-refractivity contribution in [3.05, 3.63) is 80.0 Å². The summed E-state index contributed by atoms with van der Waals surface area (Å²) in [5, 5.41) is 4.54. The van der Waals surface area contributed by atoms with E-state index in [0.717, 1.165) is 71.8 Å². The minimum Gasteiger partial charge on any atom is -0.375 e. The van der Waals surface area contributed by atoms with Gasteiger partial charge >= 0.3 is 0 Å². The van der Waals surface area contributed by atoms with Gasteiger partial charge in [-0.05, 0) is 69.2 Å². The van der Waals surface area contributed by atoms with Gasteiger partial charge < -0.3 is 4.74 Å². The lowest BCUT2D eigenvalue weighted by atomic mass is 9.62. The lowest BCUT2D eigenvalue weighted by Crippen LogP contribution is -2.45. The number of benzene rings is 2. The Balaban J connectivity index is 1.51. The SMILES string of the molecule is CC1(C)C[C@H](n2c(N/N=C\c3ccc(Br)cc3)nc3c(c2=O)C2(CCCCC2)Cc2ccccc2-3)CCO1. The zero-order valence-electron chi connectivity index (χ0n) is 22.2. The summed E-state index contributed by atoms with van der Waals surface area (Å²) in [5.41, 5.74) is 7.92. The smallest absolute Gasteiger partial charge is 0.259 e. The molecule has 2 aliphatic carbocycles. The second kappa shape index (κ2) is 10.1. The zero-order chi connectivity index (χ0) is 26.3. The van der Waals surface area contributed by atoms with E-state index in [2.05, 4.69) is 64.6 Å². The number of ether oxygens (including phenoxy) is 1. The maximum Gasteiger partial charge on any atom is 0.259 e. The molecule has 0 bridgehead atoms. The van der Waals surface area contributed by atoms with Gasteiger partial charge in [0.2, 0.25) is 5.95 Å². The van der Waals surface area contributed by atoms with E-state index in [4.69, 9.17) is 9.72 Å². The predicted molar refractivity (Wildman–Crippen MR) is 156 cm³/mol. The Kier molecular flexibility index (Phi) is 6.77. The number of fused-ring (bicyclic) bond motifs is 4. The van der Waals surface area contributed by atoms with Crippen LogP contribution < -0.4 is 11.0 Å². The summed E-state index contributed by atoms with van der Waals surface area (Å²) < 4.78 is 8.95. The predicted octanol–water partition coefficient (Wildman–Crippen LogP) is 7.01. The van der Waals surface area contributed by atoms with Gasteiger partial charge in [-0.2, -0.15) is 5.10 Å². The highest BCUT2D eigenvalue weighted by Crippen LogP contribution is 2.49. The van der Waals surface area contributed by atoms with E-state index in [1.54, 1.807) is 6.21 Å². The fraction of sp³-hybridized carbons (Fsp3) is 0.452. The maximum atomic E-state index is 14.7. The molecule has 6 rings (SSSR count). The van der Waals surface area contributed by atoms with Gasteiger partial charge in [-0.25, -0.2) is 10.4 Å². The molecule has 2 aromatic carbocycles. The molecule has 7 heteroatoms. The number of nitrogens with one attached hydrogen (secondary N) is 1. The van der Waals surface area contributed by atoms with Gasteiger partial charge in [0, 0.05) is 28.1 Å². The molecule has 0 amide bonds. The Morgan fingerprint density at radius 3 is 2.63 bits per heavy atom. The molecule has 198 valence electrons. The van der Waals surface area contributed by atoms with Crippen LogP contribution in [0.25, 0.3) is 11.3 Å². The summed E-state index contributed by atoms with van der Waals surface area (Å²) in [6, 6.07) is 16.4. The highest BCUT2D eigenvalue weighted by atomic mass is 79.9. The van der Waals surface area contributed by atoms with Crippen molar-refractivity contribution in [2.24, 2.45) is 5.10 Å². The van der Waals surface area contributed by atoms with Crippen LogP contribution in [0, 0.1) is 0 Å². The second-order valence-electron chi connectivity index (χ2n) is 11.7. The monoisotopic (exact) mass is 574 g/mol. The topological polar surface area (TPSA) is 68.5 Å². The summed E-state index contributed by atoms with van der Waals surface area (Å²) in [6.07, 6.45) is 9.84. The molecular formula is C31H35BrN4O2. The highest BCUT2D eigenvalue weighted by molar-refractivity contribution is 9.10. The largest absolute Gasteiger partial charge is 0.375 e. The van der Waals surface area contributed by atoms with Crippen LogP contribution in [0.5, 0.6) is 0 Å². The van der Waals surface area contributed by atoms with Crippen molar-refractivity contribution in [1.82, 2.24) is 9.55 Å². The summed E-state index contributed by atoms with van der Waals surface area (Å²) in [7, 11) is 0. The third kappa shape index (κ3) is 4.75. The van der Waals surface area contributed by atoms with Gasteiger partial charge in [-0.3, -0.25) is 9.36 Å².